The maximum absolute atomic E-state index is 6.28. The number of hydrogen-bond acceptors (Lipinski definition) is 5. The van der Waals surface area contributed by atoms with Gasteiger partial charge in [-0.1, -0.05) is 11.2 Å². The first-order chi connectivity index (χ1) is 11.1. The summed E-state index contributed by atoms with van der Waals surface area (Å²) in [5, 5.41) is 4.10. The number of nitrogens with two attached hydrogens (primary N) is 1. The lowest BCUT2D eigenvalue weighted by molar-refractivity contribution is 0.229. The highest BCUT2D eigenvalue weighted by molar-refractivity contribution is 5.85. The third kappa shape index (κ3) is 2.52. The van der Waals surface area contributed by atoms with Crippen LogP contribution in [0, 0.1) is 13.8 Å². The fourth-order valence-electron chi connectivity index (χ4n) is 3.13. The molecule has 0 saturated heterocycles. The van der Waals surface area contributed by atoms with Crippen LogP contribution in [0.2, 0.25) is 0 Å². The molecule has 1 saturated carbocycles. The van der Waals surface area contributed by atoms with E-state index < -0.39 is 5.54 Å². The van der Waals surface area contributed by atoms with Crippen LogP contribution in [0.1, 0.15) is 36.5 Å². The molecule has 2 N–H and O–H groups in total. The largest absolute Gasteiger partial charge is 0.334 e. The molecule has 0 spiro atoms. The number of hydrogen-bond donors (Lipinski definition) is 1. The van der Waals surface area contributed by atoms with Gasteiger partial charge in [0.25, 0.3) is 5.89 Å². The van der Waals surface area contributed by atoms with E-state index in [2.05, 4.69) is 19.7 Å². The molecule has 0 aliphatic heterocycles. The Labute approximate surface area is 146 Å². The fraction of sp³-hybridized carbons (Fsp3) is 0.353. The van der Waals surface area contributed by atoms with Gasteiger partial charge in [0, 0.05) is 17.6 Å². The summed E-state index contributed by atoms with van der Waals surface area (Å²) in [5.74, 6) is 2.01. The van der Waals surface area contributed by atoms with Crippen LogP contribution in [-0.2, 0) is 5.54 Å². The minimum atomic E-state index is -0.408. The fourth-order valence-corrected chi connectivity index (χ4v) is 3.13. The van der Waals surface area contributed by atoms with Crippen LogP contribution >= 0.6 is 12.4 Å². The van der Waals surface area contributed by atoms with Gasteiger partial charge in [-0.15, -0.1) is 12.4 Å². The van der Waals surface area contributed by atoms with Crippen molar-refractivity contribution in [1.29, 1.82) is 0 Å². The first-order valence-electron chi connectivity index (χ1n) is 7.82. The van der Waals surface area contributed by atoms with E-state index >= 15 is 0 Å². The molecule has 3 heterocycles. The third-order valence-electron chi connectivity index (χ3n) is 4.66. The maximum atomic E-state index is 6.28. The summed E-state index contributed by atoms with van der Waals surface area (Å²) < 4.78 is 7.57. The van der Waals surface area contributed by atoms with Crippen LogP contribution in [0.15, 0.2) is 35.0 Å². The molecule has 1 aliphatic rings. The van der Waals surface area contributed by atoms with Gasteiger partial charge < -0.3 is 14.8 Å². The summed E-state index contributed by atoms with van der Waals surface area (Å²) in [5.41, 5.74) is 8.89. The predicted octanol–water partition coefficient (Wildman–Crippen LogP) is 3.30. The lowest BCUT2D eigenvalue weighted by Crippen LogP contribution is -2.44. The number of aryl methyl sites for hydroxylation is 1. The Morgan fingerprint density at radius 2 is 2.04 bits per heavy atom. The van der Waals surface area contributed by atoms with Crippen LogP contribution in [0.4, 0.5) is 0 Å². The molecule has 0 radical (unpaired) electrons. The highest BCUT2D eigenvalue weighted by Gasteiger charge is 2.39. The molecule has 0 atom stereocenters. The van der Waals surface area contributed by atoms with Crippen LogP contribution in [0.25, 0.3) is 17.3 Å². The first-order valence-corrected chi connectivity index (χ1v) is 7.82. The van der Waals surface area contributed by atoms with Crippen molar-refractivity contribution < 1.29 is 4.52 Å². The topological polar surface area (TPSA) is 82.8 Å². The third-order valence-corrected chi connectivity index (χ3v) is 4.66. The summed E-state index contributed by atoms with van der Waals surface area (Å²) in [6.45, 7) is 4.07. The molecule has 1 fully saturated rings. The number of halogens is 1. The molecule has 3 aromatic rings. The van der Waals surface area contributed by atoms with Crippen molar-refractivity contribution in [1.82, 2.24) is 19.7 Å². The van der Waals surface area contributed by atoms with Crippen molar-refractivity contribution in [3.05, 3.63) is 47.7 Å². The van der Waals surface area contributed by atoms with Gasteiger partial charge in [-0.3, -0.25) is 0 Å². The summed E-state index contributed by atoms with van der Waals surface area (Å²) in [6.07, 6.45) is 4.74. The minimum Gasteiger partial charge on any atom is -0.334 e. The molecule has 4 rings (SSSR count). The van der Waals surface area contributed by atoms with Gasteiger partial charge in [-0.25, -0.2) is 4.98 Å². The summed E-state index contributed by atoms with van der Waals surface area (Å²) in [7, 11) is 0. The van der Waals surface area contributed by atoms with Crippen LogP contribution in [0.5, 0.6) is 0 Å². The Kier molecular flexibility index (Phi) is 4.19. The van der Waals surface area contributed by atoms with Gasteiger partial charge in [0.2, 0.25) is 0 Å². The second-order valence-corrected chi connectivity index (χ2v) is 6.24. The van der Waals surface area contributed by atoms with E-state index in [1.54, 1.807) is 6.20 Å². The van der Waals surface area contributed by atoms with Crippen molar-refractivity contribution in [2.75, 3.05) is 0 Å². The van der Waals surface area contributed by atoms with Gasteiger partial charge in [-0.2, -0.15) is 4.98 Å². The van der Waals surface area contributed by atoms with Crippen molar-refractivity contribution in [2.45, 2.75) is 38.6 Å². The van der Waals surface area contributed by atoms with Crippen LogP contribution < -0.4 is 5.73 Å². The molecule has 7 heteroatoms. The van der Waals surface area contributed by atoms with E-state index in [1.165, 1.54) is 0 Å². The Hall–Kier alpha value is -2.18. The number of rotatable bonds is 3. The van der Waals surface area contributed by atoms with Crippen molar-refractivity contribution in [3.63, 3.8) is 0 Å². The molecule has 24 heavy (non-hydrogen) atoms. The molecule has 1 aliphatic carbocycles. The maximum Gasteiger partial charge on any atom is 0.259 e. The van der Waals surface area contributed by atoms with Crippen molar-refractivity contribution in [3.8, 4) is 17.3 Å². The number of nitrogens with zero attached hydrogens (tertiary/aromatic N) is 4. The summed E-state index contributed by atoms with van der Waals surface area (Å²) in [4.78, 5) is 8.97. The van der Waals surface area contributed by atoms with Crippen molar-refractivity contribution in [2.24, 2.45) is 5.73 Å². The summed E-state index contributed by atoms with van der Waals surface area (Å²) in [6, 6.07) is 7.90. The zero-order chi connectivity index (χ0) is 16.0. The summed E-state index contributed by atoms with van der Waals surface area (Å²) >= 11 is 0. The van der Waals surface area contributed by atoms with E-state index in [1.807, 2.05) is 38.1 Å². The van der Waals surface area contributed by atoms with Gasteiger partial charge >= 0.3 is 0 Å². The van der Waals surface area contributed by atoms with E-state index in [0.29, 0.717) is 11.7 Å². The molecule has 6 nitrogen and oxygen atoms in total. The molecule has 0 bridgehead atoms. The average molecular weight is 346 g/mol. The highest BCUT2D eigenvalue weighted by atomic mass is 35.5. The zero-order valence-electron chi connectivity index (χ0n) is 13.7. The van der Waals surface area contributed by atoms with E-state index in [-0.39, 0.29) is 12.4 Å². The zero-order valence-corrected chi connectivity index (χ0v) is 14.5. The van der Waals surface area contributed by atoms with Crippen LogP contribution in [-0.4, -0.2) is 19.7 Å². The van der Waals surface area contributed by atoms with Crippen molar-refractivity contribution >= 4 is 12.4 Å². The minimum absolute atomic E-state index is 0. The second kappa shape index (κ2) is 6.03. The first kappa shape index (κ1) is 16.7. The highest BCUT2D eigenvalue weighted by Crippen LogP contribution is 2.38. The Morgan fingerprint density at radius 1 is 1.25 bits per heavy atom. The smallest absolute Gasteiger partial charge is 0.259 e. The standard InChI is InChI=1S/C17H19N5O.ClH/c1-11-10-13(12(2)22(11)14-6-3-4-9-19-14)15-20-16(21-23-15)17(18)7-5-8-17;/h3-4,6,9-10H,5,7-8,18H2,1-2H3;1H. The SMILES string of the molecule is Cc1cc(-c2nc(C3(N)CCC3)no2)c(C)n1-c1ccccn1.Cl. The molecule has 0 aromatic carbocycles. The van der Waals surface area contributed by atoms with Gasteiger partial charge in [0.15, 0.2) is 5.82 Å². The Morgan fingerprint density at radius 3 is 2.67 bits per heavy atom. The van der Waals surface area contributed by atoms with E-state index in [4.69, 9.17) is 10.3 Å². The van der Waals surface area contributed by atoms with Crippen LogP contribution in [0.3, 0.4) is 0 Å². The second-order valence-electron chi connectivity index (χ2n) is 6.24. The van der Waals surface area contributed by atoms with E-state index in [0.717, 1.165) is 42.0 Å². The molecule has 3 aromatic heterocycles. The molecular formula is C17H20ClN5O. The van der Waals surface area contributed by atoms with Gasteiger partial charge in [0.05, 0.1) is 11.1 Å². The van der Waals surface area contributed by atoms with Gasteiger partial charge in [-0.05, 0) is 51.3 Å². The molecule has 126 valence electrons. The molecule has 0 amide bonds. The normalized spacial score (nSPS) is 15.6. The monoisotopic (exact) mass is 345 g/mol. The number of pyridine rings is 1. The lowest BCUT2D eigenvalue weighted by Gasteiger charge is -2.34. The van der Waals surface area contributed by atoms with Gasteiger partial charge in [0.1, 0.15) is 5.82 Å². The molecule has 0 unspecified atom stereocenters. The Bertz CT molecular complexity index is 851. The predicted molar refractivity (Wildman–Crippen MR) is 93.3 cm³/mol. The lowest BCUT2D eigenvalue weighted by atomic mass is 9.77. The quantitative estimate of drug-likeness (QED) is 0.787. The van der Waals surface area contributed by atoms with E-state index in [9.17, 15) is 0 Å². The number of aromatic nitrogens is 4. The average Bonchev–Trinajstić information content (AvgIpc) is 3.11. The Balaban J connectivity index is 0.00000169. The molecular weight excluding hydrogens is 326 g/mol.